The van der Waals surface area contributed by atoms with Crippen LogP contribution in [0.15, 0.2) is 108 Å². The van der Waals surface area contributed by atoms with Crippen molar-refractivity contribution in [3.05, 3.63) is 115 Å². The Morgan fingerprint density at radius 3 is 2.03 bits per heavy atom. The van der Waals surface area contributed by atoms with Crippen LogP contribution >= 0.6 is 0 Å². The predicted molar refractivity (Wildman–Crippen MR) is 118 cm³/mol. The first kappa shape index (κ1) is 20.1. The summed E-state index contributed by atoms with van der Waals surface area (Å²) in [6.07, 6.45) is 3.63. The summed E-state index contributed by atoms with van der Waals surface area (Å²) in [5.41, 5.74) is 3.08. The number of likely N-dealkylation sites (N-methyl/N-ethyl adjacent to an activating group) is 1. The van der Waals surface area contributed by atoms with Crippen molar-refractivity contribution in [2.75, 3.05) is 13.6 Å². The smallest absolute Gasteiger partial charge is 0.241 e. The fourth-order valence-corrected chi connectivity index (χ4v) is 4.70. The molecule has 0 saturated heterocycles. The minimum Gasteiger partial charge on any atom is -0.241 e. The van der Waals surface area contributed by atoms with Gasteiger partial charge in [0.05, 0.1) is 10.6 Å². The summed E-state index contributed by atoms with van der Waals surface area (Å²) in [5, 5.41) is 4.26. The molecule has 1 aromatic heterocycles. The van der Waals surface area contributed by atoms with Gasteiger partial charge in [-0.15, -0.1) is 0 Å². The minimum atomic E-state index is -3.57. The summed E-state index contributed by atoms with van der Waals surface area (Å²) in [6.45, 7) is 0.336. The van der Waals surface area contributed by atoms with Gasteiger partial charge in [0.15, 0.2) is 0 Å². The van der Waals surface area contributed by atoms with E-state index in [0.717, 1.165) is 16.8 Å². The Morgan fingerprint density at radius 2 is 1.43 bits per heavy atom. The van der Waals surface area contributed by atoms with Gasteiger partial charge in [0.25, 0.3) is 0 Å². The van der Waals surface area contributed by atoms with Crippen molar-refractivity contribution >= 4 is 10.0 Å². The van der Waals surface area contributed by atoms with Crippen molar-refractivity contribution in [1.82, 2.24) is 14.1 Å². The molecule has 0 aliphatic rings. The van der Waals surface area contributed by atoms with Crippen molar-refractivity contribution in [1.29, 1.82) is 0 Å². The van der Waals surface area contributed by atoms with E-state index >= 15 is 0 Å². The van der Waals surface area contributed by atoms with Gasteiger partial charge in [-0.1, -0.05) is 60.7 Å². The van der Waals surface area contributed by atoms with E-state index in [1.54, 1.807) is 42.2 Å². The van der Waals surface area contributed by atoms with E-state index in [4.69, 9.17) is 0 Å². The van der Waals surface area contributed by atoms with Crippen LogP contribution in [0.1, 0.15) is 17.0 Å². The average Bonchev–Trinajstić information content (AvgIpc) is 3.33. The third-order valence-electron chi connectivity index (χ3n) is 5.16. The van der Waals surface area contributed by atoms with Crippen LogP contribution in [0.25, 0.3) is 5.69 Å². The van der Waals surface area contributed by atoms with E-state index in [1.807, 2.05) is 72.9 Å². The maximum atomic E-state index is 13.1. The lowest BCUT2D eigenvalue weighted by atomic mass is 9.91. The molecule has 0 unspecified atom stereocenters. The fourth-order valence-electron chi connectivity index (χ4n) is 3.50. The van der Waals surface area contributed by atoms with Crippen LogP contribution in [-0.4, -0.2) is 36.1 Å². The summed E-state index contributed by atoms with van der Waals surface area (Å²) >= 11 is 0. The van der Waals surface area contributed by atoms with Crippen LogP contribution < -0.4 is 0 Å². The molecule has 0 saturated carbocycles. The second-order valence-electron chi connectivity index (χ2n) is 7.10. The normalized spacial score (nSPS) is 12.7. The molecule has 0 bridgehead atoms. The molecule has 0 fully saturated rings. The van der Waals surface area contributed by atoms with E-state index in [-0.39, 0.29) is 5.92 Å². The molecule has 4 aromatic rings. The molecule has 6 heteroatoms. The van der Waals surface area contributed by atoms with Crippen molar-refractivity contribution in [3.63, 3.8) is 0 Å². The third kappa shape index (κ3) is 4.20. The zero-order chi connectivity index (χ0) is 21.0. The number of aromatic nitrogens is 2. The quantitative estimate of drug-likeness (QED) is 0.450. The van der Waals surface area contributed by atoms with E-state index in [1.165, 1.54) is 4.31 Å². The Balaban J connectivity index is 1.66. The van der Waals surface area contributed by atoms with Crippen molar-refractivity contribution < 1.29 is 8.42 Å². The average molecular weight is 418 g/mol. The summed E-state index contributed by atoms with van der Waals surface area (Å²) in [5.74, 6) is -0.0960. The van der Waals surface area contributed by atoms with Gasteiger partial charge in [-0.25, -0.2) is 13.1 Å². The van der Waals surface area contributed by atoms with Crippen LogP contribution in [-0.2, 0) is 10.0 Å². The molecule has 0 amide bonds. The second kappa shape index (κ2) is 8.65. The molecule has 0 aliphatic carbocycles. The molecule has 30 heavy (non-hydrogen) atoms. The van der Waals surface area contributed by atoms with Gasteiger partial charge >= 0.3 is 0 Å². The number of hydrogen-bond acceptors (Lipinski definition) is 3. The topological polar surface area (TPSA) is 55.2 Å². The largest absolute Gasteiger partial charge is 0.242 e. The summed E-state index contributed by atoms with van der Waals surface area (Å²) < 4.78 is 29.3. The summed E-state index contributed by atoms with van der Waals surface area (Å²) in [7, 11) is -1.94. The number of rotatable bonds is 7. The number of sulfonamides is 1. The molecule has 4 rings (SSSR count). The van der Waals surface area contributed by atoms with Gasteiger partial charge < -0.3 is 0 Å². The fraction of sp³-hybridized carbons (Fsp3) is 0.125. The zero-order valence-electron chi connectivity index (χ0n) is 16.7. The molecule has 0 spiro atoms. The number of benzene rings is 3. The lowest BCUT2D eigenvalue weighted by Gasteiger charge is -2.25. The molecule has 1 atom stereocenters. The molecule has 1 heterocycles. The lowest BCUT2D eigenvalue weighted by Crippen LogP contribution is -2.31. The van der Waals surface area contributed by atoms with Gasteiger partial charge in [-0.2, -0.15) is 9.40 Å². The molecule has 0 radical (unpaired) electrons. The lowest BCUT2D eigenvalue weighted by molar-refractivity contribution is 0.454. The maximum Gasteiger partial charge on any atom is 0.242 e. The Bertz CT molecular complexity index is 1170. The summed E-state index contributed by atoms with van der Waals surface area (Å²) in [4.78, 5) is 0.299. The molecule has 5 nitrogen and oxygen atoms in total. The Kier molecular flexibility index (Phi) is 5.79. The number of nitrogens with zero attached hydrogens (tertiary/aromatic N) is 3. The SMILES string of the molecule is CN(C[C@@H](c1ccccc1)c1ccc(-n2cccn2)cc1)S(=O)(=O)c1ccccc1. The molecule has 3 aromatic carbocycles. The Hall–Kier alpha value is -3.22. The third-order valence-corrected chi connectivity index (χ3v) is 6.99. The monoisotopic (exact) mass is 417 g/mol. The van der Waals surface area contributed by atoms with E-state index in [0.29, 0.717) is 11.4 Å². The molecular weight excluding hydrogens is 394 g/mol. The first-order valence-corrected chi connectivity index (χ1v) is 11.2. The summed E-state index contributed by atoms with van der Waals surface area (Å²) in [6, 6.07) is 28.5. The van der Waals surface area contributed by atoms with E-state index in [9.17, 15) is 8.42 Å². The molecule has 0 aliphatic heterocycles. The van der Waals surface area contributed by atoms with Gasteiger partial charge in [-0.05, 0) is 41.5 Å². The second-order valence-corrected chi connectivity index (χ2v) is 9.15. The molecular formula is C24H23N3O2S. The van der Waals surface area contributed by atoms with Crippen LogP contribution in [0.4, 0.5) is 0 Å². The van der Waals surface area contributed by atoms with Gasteiger partial charge in [0.2, 0.25) is 10.0 Å². The highest BCUT2D eigenvalue weighted by Crippen LogP contribution is 2.28. The van der Waals surface area contributed by atoms with Crippen LogP contribution in [0.5, 0.6) is 0 Å². The van der Waals surface area contributed by atoms with Crippen LogP contribution in [0.2, 0.25) is 0 Å². The Labute approximate surface area is 177 Å². The Morgan fingerprint density at radius 1 is 0.833 bits per heavy atom. The highest BCUT2D eigenvalue weighted by Gasteiger charge is 2.25. The maximum absolute atomic E-state index is 13.1. The molecule has 152 valence electrons. The zero-order valence-corrected chi connectivity index (χ0v) is 17.5. The van der Waals surface area contributed by atoms with E-state index in [2.05, 4.69) is 5.10 Å². The van der Waals surface area contributed by atoms with E-state index < -0.39 is 10.0 Å². The van der Waals surface area contributed by atoms with Gasteiger partial charge in [0, 0.05) is 31.9 Å². The van der Waals surface area contributed by atoms with Crippen LogP contribution in [0, 0.1) is 0 Å². The molecule has 0 N–H and O–H groups in total. The minimum absolute atomic E-state index is 0.0960. The van der Waals surface area contributed by atoms with Gasteiger partial charge in [0.1, 0.15) is 0 Å². The first-order chi connectivity index (χ1) is 14.6. The standard InChI is InChI=1S/C24H23N3O2S/c1-26(30(28,29)23-11-6-3-7-12-23)19-24(20-9-4-2-5-10-20)21-13-15-22(16-14-21)27-18-8-17-25-27/h2-18,24H,19H2,1H3/t24-/m0/s1. The predicted octanol–water partition coefficient (Wildman–Crippen LogP) is 4.32. The highest BCUT2D eigenvalue weighted by atomic mass is 32.2. The van der Waals surface area contributed by atoms with Gasteiger partial charge in [-0.3, -0.25) is 0 Å². The first-order valence-electron chi connectivity index (χ1n) is 9.72. The number of hydrogen-bond donors (Lipinski definition) is 0. The van der Waals surface area contributed by atoms with Crippen molar-refractivity contribution in [3.8, 4) is 5.69 Å². The van der Waals surface area contributed by atoms with Crippen molar-refractivity contribution in [2.45, 2.75) is 10.8 Å². The van der Waals surface area contributed by atoms with Crippen LogP contribution in [0.3, 0.4) is 0 Å². The highest BCUT2D eigenvalue weighted by molar-refractivity contribution is 7.89. The van der Waals surface area contributed by atoms with Crippen molar-refractivity contribution in [2.24, 2.45) is 0 Å².